The van der Waals surface area contributed by atoms with Gasteiger partial charge < -0.3 is 14.9 Å². The number of aliphatic hydroxyl groups is 2. The monoisotopic (exact) mass is 1390 g/mol. The fraction of sp³-hybridized carbons (Fsp3) is 0.558. The maximum absolute atomic E-state index is 13.1. The molecule has 6 aromatic rings. The molecule has 4 N–H and O–H groups in total. The summed E-state index contributed by atoms with van der Waals surface area (Å²) in [6.45, 7) is 55.6. The number of unbranched alkanes of at least 4 members (excludes halogenated alkanes) is 10. The minimum absolute atomic E-state index is 0. The van der Waals surface area contributed by atoms with Gasteiger partial charge in [-0.15, -0.1) is 0 Å². The zero-order valence-corrected chi connectivity index (χ0v) is 68.1. The second-order valence-corrected chi connectivity index (χ2v) is 45.2. The van der Waals surface area contributed by atoms with Crippen LogP contribution in [0.25, 0.3) is 44.5 Å². The molecule has 6 heteroatoms. The van der Waals surface area contributed by atoms with Crippen molar-refractivity contribution in [3.05, 3.63) is 156 Å². The zero-order valence-electron chi connectivity index (χ0n) is 63.5. The number of aryl methyl sites for hydroxylation is 2. The standard InChI is InChI=1S/C84H124GeO4.2CH3.Zr/c1-25-27-29-31-33-35-37-59-43-69(61-47-65(81(13,14)15)51-66(48-61)82(16,17)18)77(86)73(45-59)71-53-63(79(7,8)9)39-41-75(71)88-55-85(57(3)4,58(5)6)56-89-76-42-40-64(80(10,11)12)54-72(76)74-46-60(38-36-34-32-30-28-26-2)44-70(78(74)87)62-49-67(83(19,20)21)52-68(50-62)84(22,23)24;;;/h39-54,57-58,86-87H,25-38,55-56H2,1-24H3;2*1H3;/q;2*-1;/p+2. The zero-order chi connectivity index (χ0) is 66.2. The van der Waals surface area contributed by atoms with Gasteiger partial charge in [-0.1, -0.05) is 39.5 Å². The Labute approximate surface area is 587 Å². The Morgan fingerprint density at radius 1 is 0.337 bits per heavy atom. The minimum atomic E-state index is -3.20. The largest absolute Gasteiger partial charge is 0.358 e. The van der Waals surface area contributed by atoms with Crippen molar-refractivity contribution in [2.75, 3.05) is 10.9 Å². The summed E-state index contributed by atoms with van der Waals surface area (Å²) in [6.07, 6.45) is 16.6. The number of ether oxygens (including phenoxy) is 2. The van der Waals surface area contributed by atoms with Gasteiger partial charge in [0.25, 0.3) is 0 Å². The number of rotatable bonds is 26. The van der Waals surface area contributed by atoms with E-state index in [1.165, 1.54) is 109 Å². The molecule has 0 spiro atoms. The van der Waals surface area contributed by atoms with Crippen molar-refractivity contribution in [2.24, 2.45) is 0 Å². The molecule has 4 nitrogen and oxygen atoms in total. The molecule has 0 bridgehead atoms. The Hall–Kier alpha value is -4.05. The molecule has 0 aliphatic carbocycles. The SMILES string of the molecule is CCCCCCCCc1cc(-c2cc(C(C)(C)C)cc(C(C)(C)C)c2)c(O)c(-c2cc(C(C)(C)C)ccc2[OH+][CH2][Ge]([CH2][OH+]c2ccc(C(C)(C)C)cc2-c2cc(CCCCCCCC)cc(-c3cc(C(C)(C)C)cc(C(C)(C)C)c3)c2O)([CH](C)C)[CH](C)C)c1.[CH3-].[CH3-].[Zr]. The summed E-state index contributed by atoms with van der Waals surface area (Å²) in [6, 6.07) is 37.0. The normalized spacial score (nSPS) is 12.6. The van der Waals surface area contributed by atoms with Crippen LogP contribution in [0, 0.1) is 14.9 Å². The molecule has 0 aliphatic heterocycles. The molecular formula is C86H132GeO4Zr. The van der Waals surface area contributed by atoms with Crippen molar-refractivity contribution in [1.82, 2.24) is 0 Å². The Balaban J connectivity index is 0.00000736. The van der Waals surface area contributed by atoms with Crippen LogP contribution in [-0.4, -0.2) is 43.8 Å². The molecule has 0 saturated carbocycles. The van der Waals surface area contributed by atoms with E-state index >= 15 is 0 Å². The summed E-state index contributed by atoms with van der Waals surface area (Å²) in [5.41, 5.74) is 18.6. The van der Waals surface area contributed by atoms with Gasteiger partial charge in [0.05, 0.1) is 0 Å². The van der Waals surface area contributed by atoms with Crippen LogP contribution in [0.3, 0.4) is 0 Å². The van der Waals surface area contributed by atoms with Crippen LogP contribution in [0.15, 0.2) is 97.1 Å². The first-order valence-electron chi connectivity index (χ1n) is 35.0. The number of hydrogen-bond donors (Lipinski definition) is 2. The van der Waals surface area contributed by atoms with E-state index in [4.69, 9.17) is 9.47 Å². The van der Waals surface area contributed by atoms with Gasteiger partial charge in [0.1, 0.15) is 0 Å². The third kappa shape index (κ3) is 21.5. The third-order valence-corrected chi connectivity index (χ3v) is 32.4. The van der Waals surface area contributed by atoms with Crippen LogP contribution in [0.1, 0.15) is 288 Å². The second-order valence-electron chi connectivity index (χ2n) is 33.9. The molecule has 0 amide bonds. The smallest absolute Gasteiger partial charge is 0 e. The molecule has 0 aromatic heterocycles. The van der Waals surface area contributed by atoms with Crippen molar-refractivity contribution in [1.29, 1.82) is 0 Å². The maximum atomic E-state index is 13.1. The van der Waals surface area contributed by atoms with Gasteiger partial charge in [0, 0.05) is 26.2 Å². The predicted octanol–water partition coefficient (Wildman–Crippen LogP) is 25.8. The molecule has 0 unspecified atom stereocenters. The maximum Gasteiger partial charge on any atom is 0 e. The first-order valence-corrected chi connectivity index (χ1v) is 40.4. The molecular weight excluding hydrogens is 1260 g/mol. The summed E-state index contributed by atoms with van der Waals surface area (Å²) in [7, 11) is 0. The number of phenols is 2. The van der Waals surface area contributed by atoms with Crippen molar-refractivity contribution >= 4 is 13.3 Å². The van der Waals surface area contributed by atoms with E-state index < -0.39 is 13.3 Å². The van der Waals surface area contributed by atoms with Gasteiger partial charge in [-0.3, -0.25) is 0 Å². The summed E-state index contributed by atoms with van der Waals surface area (Å²) < 4.78 is 12.5. The molecule has 92 heavy (non-hydrogen) atoms. The molecule has 0 heterocycles. The van der Waals surface area contributed by atoms with E-state index in [9.17, 15) is 10.2 Å². The first kappa shape index (κ1) is 82.2. The molecule has 0 saturated heterocycles. The van der Waals surface area contributed by atoms with Crippen LogP contribution in [0.4, 0.5) is 0 Å². The van der Waals surface area contributed by atoms with Crippen LogP contribution in [-0.2, 0) is 71.5 Å². The number of benzene rings is 6. The molecule has 6 rings (SSSR count). The Morgan fingerprint density at radius 3 is 0.880 bits per heavy atom. The molecule has 0 aliphatic rings. The summed E-state index contributed by atoms with van der Waals surface area (Å²) in [5.74, 6) is 2.52. The third-order valence-electron chi connectivity index (χ3n) is 19.6. The average molecular weight is 1390 g/mol. The first-order chi connectivity index (χ1) is 41.3. The Bertz CT molecular complexity index is 3010. The Morgan fingerprint density at radius 2 is 0.609 bits per heavy atom. The summed E-state index contributed by atoms with van der Waals surface area (Å²) in [4.78, 5) is 0. The van der Waals surface area contributed by atoms with E-state index in [1.54, 1.807) is 0 Å². The van der Waals surface area contributed by atoms with Crippen molar-refractivity contribution < 1.29 is 45.9 Å². The van der Waals surface area contributed by atoms with E-state index in [0.29, 0.717) is 21.0 Å². The van der Waals surface area contributed by atoms with Gasteiger partial charge in [-0.2, -0.15) is 0 Å². The topological polar surface area (TPSA) is 66.1 Å². The van der Waals surface area contributed by atoms with Crippen LogP contribution < -0.4 is 0 Å². The van der Waals surface area contributed by atoms with Gasteiger partial charge in [-0.25, -0.2) is 0 Å². The van der Waals surface area contributed by atoms with Crippen molar-refractivity contribution in [3.63, 3.8) is 0 Å². The Kier molecular flexibility index (Phi) is 30.1. The van der Waals surface area contributed by atoms with E-state index in [2.05, 4.69) is 263 Å². The van der Waals surface area contributed by atoms with E-state index in [-0.39, 0.29) is 73.5 Å². The van der Waals surface area contributed by atoms with Gasteiger partial charge in [0.2, 0.25) is 0 Å². The van der Waals surface area contributed by atoms with Crippen LogP contribution in [0.5, 0.6) is 23.0 Å². The number of aromatic hydroxyl groups is 4. The predicted molar refractivity (Wildman–Crippen MR) is 406 cm³/mol. The van der Waals surface area contributed by atoms with E-state index in [1.807, 2.05) is 0 Å². The molecule has 0 fully saturated rings. The summed E-state index contributed by atoms with van der Waals surface area (Å²) >= 11 is -3.20. The fourth-order valence-electron chi connectivity index (χ4n) is 12.7. The van der Waals surface area contributed by atoms with Crippen molar-refractivity contribution in [2.45, 2.75) is 298 Å². The van der Waals surface area contributed by atoms with E-state index in [0.717, 1.165) is 92.6 Å². The van der Waals surface area contributed by atoms with Gasteiger partial charge in [-0.05, 0) is 0 Å². The van der Waals surface area contributed by atoms with Crippen LogP contribution >= 0.6 is 0 Å². The average Bonchev–Trinajstić information content (AvgIpc) is 0.797. The molecule has 0 radical (unpaired) electrons. The number of hydrogen-bond acceptors (Lipinski definition) is 2. The molecule has 508 valence electrons. The summed E-state index contributed by atoms with van der Waals surface area (Å²) in [5, 5.41) is 26.3. The number of phenolic OH excluding ortho intramolecular Hbond substituents is 2. The second kappa shape index (κ2) is 33.8. The molecule has 0 atom stereocenters. The van der Waals surface area contributed by atoms with Crippen LogP contribution in [0.2, 0.25) is 9.50 Å². The van der Waals surface area contributed by atoms with Gasteiger partial charge >= 0.3 is 511 Å². The molecule has 6 aromatic carbocycles. The fourth-order valence-corrected chi connectivity index (χ4v) is 20.7. The minimum Gasteiger partial charge on any atom is -0.358 e. The quantitative estimate of drug-likeness (QED) is 0.0246. The van der Waals surface area contributed by atoms with Gasteiger partial charge in [0.15, 0.2) is 0 Å². The van der Waals surface area contributed by atoms with Crippen molar-refractivity contribution in [3.8, 4) is 67.5 Å².